The maximum atomic E-state index is 12.9. The lowest BCUT2D eigenvalue weighted by Crippen LogP contribution is -2.19. The molecule has 0 aromatic heterocycles. The number of cyclic esters (lactones) is 1. The van der Waals surface area contributed by atoms with Gasteiger partial charge in [-0.1, -0.05) is 132 Å². The molecular weight excluding hydrogens is 572 g/mol. The van der Waals surface area contributed by atoms with E-state index in [1.165, 1.54) is 38.5 Å². The average molecular weight is 637 g/mol. The molecule has 5 unspecified atom stereocenters. The lowest BCUT2D eigenvalue weighted by molar-refractivity contribution is -0.151. The van der Waals surface area contributed by atoms with Crippen LogP contribution in [0.4, 0.5) is 0 Å². The second kappa shape index (κ2) is 23.0. The predicted molar refractivity (Wildman–Crippen MR) is 177 cm³/mol. The molecule has 1 rings (SSSR count). The maximum Gasteiger partial charge on any atom is 0.378 e. The summed E-state index contributed by atoms with van der Waals surface area (Å²) in [6, 6.07) is 0. The standard InChI is InChI=1S/C37H64O8/c1-26(2)13-9-15-28(5)17-11-19-30(7)23-33(39)44-35-32(21-22-42-25-38)43-37(41)36(35)45-34(40)24-31(8)20-12-18-29(6)16-10-14-27(3)4/h25-32H,9-24H2,1-8H3. The highest BCUT2D eigenvalue weighted by Gasteiger charge is 2.40. The summed E-state index contributed by atoms with van der Waals surface area (Å²) in [4.78, 5) is 49.1. The van der Waals surface area contributed by atoms with Crippen LogP contribution in [0.5, 0.6) is 0 Å². The Morgan fingerprint density at radius 1 is 0.667 bits per heavy atom. The number of carbonyl (C=O) groups is 4. The van der Waals surface area contributed by atoms with E-state index in [0.29, 0.717) is 18.3 Å². The molecular formula is C37H64O8. The van der Waals surface area contributed by atoms with E-state index in [2.05, 4.69) is 41.5 Å². The molecule has 45 heavy (non-hydrogen) atoms. The highest BCUT2D eigenvalue weighted by atomic mass is 16.6. The van der Waals surface area contributed by atoms with Crippen LogP contribution in [0.2, 0.25) is 0 Å². The minimum atomic E-state index is -0.971. The summed E-state index contributed by atoms with van der Waals surface area (Å²) in [5.41, 5.74) is 0. The molecule has 1 aliphatic heterocycles. The number of hydrogen-bond donors (Lipinski definition) is 0. The van der Waals surface area contributed by atoms with Gasteiger partial charge in [0.2, 0.25) is 0 Å². The number of ether oxygens (including phenoxy) is 4. The first kappa shape index (κ1) is 40.6. The van der Waals surface area contributed by atoms with Crippen LogP contribution in [0.3, 0.4) is 0 Å². The molecule has 8 nitrogen and oxygen atoms in total. The van der Waals surface area contributed by atoms with Gasteiger partial charge in [-0.2, -0.15) is 0 Å². The van der Waals surface area contributed by atoms with Crippen molar-refractivity contribution in [2.45, 2.75) is 158 Å². The fourth-order valence-electron chi connectivity index (χ4n) is 5.86. The van der Waals surface area contributed by atoms with Gasteiger partial charge >= 0.3 is 17.9 Å². The minimum Gasteiger partial charge on any atom is -0.468 e. The fraction of sp³-hybridized carbons (Fsp3) is 0.838. The Morgan fingerprint density at radius 2 is 1.09 bits per heavy atom. The van der Waals surface area contributed by atoms with Crippen LogP contribution in [-0.4, -0.2) is 37.1 Å². The van der Waals surface area contributed by atoms with Gasteiger partial charge < -0.3 is 18.9 Å². The highest BCUT2D eigenvalue weighted by Crippen LogP contribution is 2.30. The normalized spacial score (nSPS) is 17.6. The fourth-order valence-corrected chi connectivity index (χ4v) is 5.86. The maximum absolute atomic E-state index is 12.9. The van der Waals surface area contributed by atoms with Crippen molar-refractivity contribution in [3.05, 3.63) is 11.5 Å². The molecule has 1 heterocycles. The van der Waals surface area contributed by atoms with E-state index in [1.54, 1.807) is 0 Å². The van der Waals surface area contributed by atoms with Gasteiger partial charge in [0.1, 0.15) is 0 Å². The zero-order valence-electron chi connectivity index (χ0n) is 29.7. The van der Waals surface area contributed by atoms with Crippen molar-refractivity contribution in [1.82, 2.24) is 0 Å². The number of carbonyl (C=O) groups excluding carboxylic acids is 4. The predicted octanol–water partition coefficient (Wildman–Crippen LogP) is 9.09. The summed E-state index contributed by atoms with van der Waals surface area (Å²) in [5, 5.41) is 0. The summed E-state index contributed by atoms with van der Waals surface area (Å²) < 4.78 is 21.2. The van der Waals surface area contributed by atoms with Gasteiger partial charge in [-0.3, -0.25) is 14.4 Å². The third kappa shape index (κ3) is 19.0. The van der Waals surface area contributed by atoms with Gasteiger partial charge in [0.05, 0.1) is 6.61 Å². The van der Waals surface area contributed by atoms with E-state index in [9.17, 15) is 19.2 Å². The van der Waals surface area contributed by atoms with Crippen LogP contribution in [-0.2, 0) is 38.1 Å². The Hall–Kier alpha value is -2.38. The lowest BCUT2D eigenvalue weighted by atomic mass is 9.92. The van der Waals surface area contributed by atoms with Crippen LogP contribution in [0.15, 0.2) is 11.5 Å². The molecule has 5 atom stereocenters. The number of hydrogen-bond acceptors (Lipinski definition) is 8. The third-order valence-electron chi connectivity index (χ3n) is 8.73. The zero-order chi connectivity index (χ0) is 33.8. The van der Waals surface area contributed by atoms with E-state index in [0.717, 1.165) is 50.4 Å². The van der Waals surface area contributed by atoms with E-state index in [4.69, 9.17) is 18.9 Å². The topological polar surface area (TPSA) is 105 Å². The van der Waals surface area contributed by atoms with Crippen LogP contribution in [0.1, 0.15) is 152 Å². The van der Waals surface area contributed by atoms with E-state index in [1.807, 2.05) is 13.8 Å². The lowest BCUT2D eigenvalue weighted by Gasteiger charge is -2.16. The van der Waals surface area contributed by atoms with Crippen molar-refractivity contribution in [2.24, 2.45) is 35.5 Å². The Bertz CT molecular complexity index is 908. The molecule has 8 heteroatoms. The molecule has 0 aliphatic carbocycles. The first-order valence-electron chi connectivity index (χ1n) is 17.7. The molecule has 260 valence electrons. The Morgan fingerprint density at radius 3 is 1.53 bits per heavy atom. The van der Waals surface area contributed by atoms with Crippen LogP contribution in [0, 0.1) is 35.5 Å². The van der Waals surface area contributed by atoms with Crippen LogP contribution in [0.25, 0.3) is 0 Å². The molecule has 0 saturated heterocycles. The van der Waals surface area contributed by atoms with Crippen molar-refractivity contribution >= 4 is 24.4 Å². The van der Waals surface area contributed by atoms with Crippen molar-refractivity contribution < 1.29 is 38.1 Å². The van der Waals surface area contributed by atoms with Gasteiger partial charge in [-0.05, 0) is 35.5 Å². The summed E-state index contributed by atoms with van der Waals surface area (Å²) in [6.45, 7) is 17.9. The molecule has 0 N–H and O–H groups in total. The third-order valence-corrected chi connectivity index (χ3v) is 8.73. The van der Waals surface area contributed by atoms with Gasteiger partial charge in [0, 0.05) is 19.3 Å². The van der Waals surface area contributed by atoms with Crippen LogP contribution >= 0.6 is 0 Å². The molecule has 0 spiro atoms. The summed E-state index contributed by atoms with van der Waals surface area (Å²) >= 11 is 0. The van der Waals surface area contributed by atoms with E-state index in [-0.39, 0.29) is 49.2 Å². The van der Waals surface area contributed by atoms with Crippen molar-refractivity contribution in [3.8, 4) is 0 Å². The summed E-state index contributed by atoms with van der Waals surface area (Å²) in [7, 11) is 0. The first-order valence-corrected chi connectivity index (χ1v) is 17.7. The SMILES string of the molecule is CC(C)CCCC(C)CCCC(C)CC(=O)OC1=C(OC(=O)CC(C)CCCC(C)CCCC(C)C)C(CCOC=O)OC1=O. The minimum absolute atomic E-state index is 0.0393. The first-order chi connectivity index (χ1) is 21.3. The summed E-state index contributed by atoms with van der Waals surface area (Å²) in [6.07, 6.45) is 13.0. The van der Waals surface area contributed by atoms with E-state index >= 15 is 0 Å². The Labute approximate surface area is 273 Å². The van der Waals surface area contributed by atoms with Crippen molar-refractivity contribution in [3.63, 3.8) is 0 Å². The molecule has 0 aromatic rings. The second-order valence-corrected chi connectivity index (χ2v) is 14.6. The zero-order valence-corrected chi connectivity index (χ0v) is 29.7. The van der Waals surface area contributed by atoms with Crippen molar-refractivity contribution in [1.29, 1.82) is 0 Å². The Balaban J connectivity index is 2.67. The highest BCUT2D eigenvalue weighted by molar-refractivity contribution is 5.93. The van der Waals surface area contributed by atoms with Crippen molar-refractivity contribution in [2.75, 3.05) is 6.61 Å². The number of rotatable bonds is 26. The number of esters is 3. The van der Waals surface area contributed by atoms with Gasteiger partial charge in [0.15, 0.2) is 11.9 Å². The Kier molecular flexibility index (Phi) is 20.8. The average Bonchev–Trinajstić information content (AvgIpc) is 3.21. The molecule has 0 radical (unpaired) electrons. The molecule has 0 amide bonds. The molecule has 1 aliphatic rings. The second-order valence-electron chi connectivity index (χ2n) is 14.6. The van der Waals surface area contributed by atoms with Crippen LogP contribution < -0.4 is 0 Å². The molecule has 0 saturated carbocycles. The van der Waals surface area contributed by atoms with Gasteiger partial charge in [-0.25, -0.2) is 4.79 Å². The monoisotopic (exact) mass is 636 g/mol. The molecule has 0 fully saturated rings. The molecule has 0 aromatic carbocycles. The molecule has 0 bridgehead atoms. The quantitative estimate of drug-likeness (QED) is 0.0401. The van der Waals surface area contributed by atoms with Gasteiger partial charge in [0.25, 0.3) is 12.2 Å². The van der Waals surface area contributed by atoms with Gasteiger partial charge in [-0.15, -0.1) is 0 Å². The largest absolute Gasteiger partial charge is 0.468 e. The smallest absolute Gasteiger partial charge is 0.378 e. The van der Waals surface area contributed by atoms with E-state index < -0.39 is 24.0 Å². The summed E-state index contributed by atoms with van der Waals surface area (Å²) in [5.74, 6) is 0.551.